The molecule has 0 radical (unpaired) electrons. The van der Waals surface area contributed by atoms with Crippen LogP contribution in [0.2, 0.25) is 0 Å². The highest BCUT2D eigenvalue weighted by molar-refractivity contribution is 6.02. The van der Waals surface area contributed by atoms with Crippen LogP contribution in [0, 0.1) is 6.92 Å². The average Bonchev–Trinajstić information content (AvgIpc) is 3.37. The third kappa shape index (κ3) is 2.81. The standard InChI is InChI=1S/C22H20N4O/c1-15-6-8-16(9-7-15)22-25-13-19-18-5-3-2-4-17(18)12-21(26(19)22)27-14-20-23-10-11-24-20/h2-12,19H,13-14H2,1H3,(H,23,24). The molecule has 0 spiro atoms. The minimum Gasteiger partial charge on any atom is -0.471 e. The van der Waals surface area contributed by atoms with Gasteiger partial charge in [0.2, 0.25) is 0 Å². The van der Waals surface area contributed by atoms with Crippen molar-refractivity contribution in [3.63, 3.8) is 0 Å². The summed E-state index contributed by atoms with van der Waals surface area (Å²) in [4.78, 5) is 14.4. The number of nitrogens with zero attached hydrogens (tertiary/aromatic N) is 3. The van der Waals surface area contributed by atoms with Gasteiger partial charge in [0.25, 0.3) is 0 Å². The maximum atomic E-state index is 6.19. The molecule has 0 bridgehead atoms. The molecule has 1 atom stereocenters. The fraction of sp³-hybridized carbons (Fsp3) is 0.182. The number of ether oxygens (including phenoxy) is 1. The van der Waals surface area contributed by atoms with Crippen molar-refractivity contribution < 1.29 is 4.74 Å². The topological polar surface area (TPSA) is 53.5 Å². The second-order valence-electron chi connectivity index (χ2n) is 6.85. The number of rotatable bonds is 4. The number of benzene rings is 2. The Morgan fingerprint density at radius 2 is 2.00 bits per heavy atom. The van der Waals surface area contributed by atoms with Crippen molar-refractivity contribution in [2.24, 2.45) is 4.99 Å². The Kier molecular flexibility index (Phi) is 3.78. The summed E-state index contributed by atoms with van der Waals surface area (Å²) in [6.07, 6.45) is 5.64. The molecule has 2 aliphatic rings. The average molecular weight is 356 g/mol. The Hall–Kier alpha value is -3.34. The second-order valence-corrected chi connectivity index (χ2v) is 6.85. The van der Waals surface area contributed by atoms with Gasteiger partial charge in [-0.05, 0) is 18.1 Å². The number of imidazole rings is 1. The van der Waals surface area contributed by atoms with Crippen LogP contribution in [-0.4, -0.2) is 27.2 Å². The lowest BCUT2D eigenvalue weighted by Gasteiger charge is -2.34. The SMILES string of the molecule is Cc1ccc(C2=NCC3c4ccccc4C=C(OCc4ncc[nH]4)N23)cc1. The molecule has 3 heterocycles. The number of nitrogens with one attached hydrogen (secondary N) is 1. The van der Waals surface area contributed by atoms with Crippen molar-refractivity contribution in [1.82, 2.24) is 14.9 Å². The van der Waals surface area contributed by atoms with Crippen LogP contribution < -0.4 is 0 Å². The molecule has 0 fully saturated rings. The fourth-order valence-corrected chi connectivity index (χ4v) is 3.69. The van der Waals surface area contributed by atoms with Crippen LogP contribution in [0.3, 0.4) is 0 Å². The zero-order valence-electron chi connectivity index (χ0n) is 15.1. The Morgan fingerprint density at radius 3 is 2.81 bits per heavy atom. The van der Waals surface area contributed by atoms with E-state index >= 15 is 0 Å². The maximum Gasteiger partial charge on any atom is 0.196 e. The van der Waals surface area contributed by atoms with Crippen molar-refractivity contribution in [2.45, 2.75) is 19.6 Å². The van der Waals surface area contributed by atoms with Gasteiger partial charge in [-0.15, -0.1) is 0 Å². The van der Waals surface area contributed by atoms with Gasteiger partial charge in [0.1, 0.15) is 18.3 Å². The lowest BCUT2D eigenvalue weighted by molar-refractivity contribution is 0.121. The van der Waals surface area contributed by atoms with E-state index in [-0.39, 0.29) is 6.04 Å². The van der Waals surface area contributed by atoms with E-state index in [1.807, 2.05) is 0 Å². The first-order valence-electron chi connectivity index (χ1n) is 9.12. The summed E-state index contributed by atoms with van der Waals surface area (Å²) >= 11 is 0. The van der Waals surface area contributed by atoms with E-state index in [9.17, 15) is 0 Å². The molecule has 2 aromatic carbocycles. The molecule has 0 saturated carbocycles. The zero-order valence-corrected chi connectivity index (χ0v) is 15.1. The third-order valence-electron chi connectivity index (χ3n) is 5.05. The zero-order chi connectivity index (χ0) is 18.2. The number of aryl methyl sites for hydroxylation is 1. The Bertz CT molecular complexity index is 1020. The number of aliphatic imine (C=N–C) groups is 1. The van der Waals surface area contributed by atoms with Gasteiger partial charge in [0.15, 0.2) is 5.88 Å². The summed E-state index contributed by atoms with van der Waals surface area (Å²) in [7, 11) is 0. The van der Waals surface area contributed by atoms with Crippen LogP contribution >= 0.6 is 0 Å². The van der Waals surface area contributed by atoms with Crippen LogP contribution in [-0.2, 0) is 11.3 Å². The molecule has 1 aromatic heterocycles. The summed E-state index contributed by atoms with van der Waals surface area (Å²) in [5, 5.41) is 0. The Labute approximate surface area is 158 Å². The summed E-state index contributed by atoms with van der Waals surface area (Å²) in [5.74, 6) is 2.58. The predicted octanol–water partition coefficient (Wildman–Crippen LogP) is 4.05. The summed E-state index contributed by atoms with van der Waals surface area (Å²) in [5.41, 5.74) is 4.82. The minimum atomic E-state index is 0.161. The molecule has 1 unspecified atom stereocenters. The van der Waals surface area contributed by atoms with Gasteiger partial charge in [-0.3, -0.25) is 9.89 Å². The molecule has 27 heavy (non-hydrogen) atoms. The van der Waals surface area contributed by atoms with Crippen LogP contribution in [0.25, 0.3) is 6.08 Å². The lowest BCUT2D eigenvalue weighted by atomic mass is 9.96. The van der Waals surface area contributed by atoms with Crippen LogP contribution in [0.4, 0.5) is 0 Å². The van der Waals surface area contributed by atoms with Crippen molar-refractivity contribution in [2.75, 3.05) is 6.54 Å². The minimum absolute atomic E-state index is 0.161. The number of H-pyrrole nitrogens is 1. The summed E-state index contributed by atoms with van der Waals surface area (Å²) in [6.45, 7) is 3.21. The fourth-order valence-electron chi connectivity index (χ4n) is 3.69. The van der Waals surface area contributed by atoms with Gasteiger partial charge in [0.05, 0.1) is 12.6 Å². The van der Waals surface area contributed by atoms with E-state index < -0.39 is 0 Å². The Balaban J connectivity index is 1.53. The molecule has 134 valence electrons. The first-order chi connectivity index (χ1) is 13.3. The van der Waals surface area contributed by atoms with Crippen LogP contribution in [0.1, 0.15) is 34.1 Å². The monoisotopic (exact) mass is 356 g/mol. The highest BCUT2D eigenvalue weighted by Crippen LogP contribution is 2.39. The van der Waals surface area contributed by atoms with E-state index in [1.165, 1.54) is 16.7 Å². The van der Waals surface area contributed by atoms with Gasteiger partial charge in [-0.2, -0.15) is 0 Å². The molecule has 5 heteroatoms. The van der Waals surface area contributed by atoms with E-state index in [2.05, 4.69) is 76.4 Å². The number of fused-ring (bicyclic) bond motifs is 3. The molecule has 1 N–H and O–H groups in total. The van der Waals surface area contributed by atoms with Gasteiger partial charge in [-0.25, -0.2) is 4.98 Å². The smallest absolute Gasteiger partial charge is 0.196 e. The van der Waals surface area contributed by atoms with Crippen molar-refractivity contribution >= 4 is 11.9 Å². The summed E-state index contributed by atoms with van der Waals surface area (Å²) < 4.78 is 6.19. The molecule has 0 aliphatic carbocycles. The first kappa shape index (κ1) is 15.9. The van der Waals surface area contributed by atoms with Gasteiger partial charge in [-0.1, -0.05) is 54.1 Å². The number of hydrogen-bond donors (Lipinski definition) is 1. The molecule has 0 amide bonds. The molecular weight excluding hydrogens is 336 g/mol. The van der Waals surface area contributed by atoms with Crippen LogP contribution in [0.15, 0.2) is 71.8 Å². The van der Waals surface area contributed by atoms with Crippen LogP contribution in [0.5, 0.6) is 0 Å². The number of hydrogen-bond acceptors (Lipinski definition) is 4. The first-order valence-corrected chi connectivity index (χ1v) is 9.12. The number of amidine groups is 1. The number of aromatic amines is 1. The third-order valence-corrected chi connectivity index (χ3v) is 5.05. The highest BCUT2D eigenvalue weighted by atomic mass is 16.5. The molecule has 3 aromatic rings. The van der Waals surface area contributed by atoms with E-state index in [4.69, 9.17) is 9.73 Å². The Morgan fingerprint density at radius 1 is 1.15 bits per heavy atom. The van der Waals surface area contributed by atoms with Crippen molar-refractivity contribution in [1.29, 1.82) is 0 Å². The molecule has 5 nitrogen and oxygen atoms in total. The molecule has 2 aliphatic heterocycles. The molecule has 5 rings (SSSR count). The molecule has 0 saturated heterocycles. The van der Waals surface area contributed by atoms with Crippen molar-refractivity contribution in [3.05, 3.63) is 94.9 Å². The van der Waals surface area contributed by atoms with Gasteiger partial charge >= 0.3 is 0 Å². The summed E-state index contributed by atoms with van der Waals surface area (Å²) in [6, 6.07) is 17.1. The number of aromatic nitrogens is 2. The second kappa shape index (κ2) is 6.43. The van der Waals surface area contributed by atoms with Gasteiger partial charge < -0.3 is 9.72 Å². The largest absolute Gasteiger partial charge is 0.471 e. The van der Waals surface area contributed by atoms with E-state index in [0.29, 0.717) is 6.61 Å². The molecular formula is C22H20N4O. The van der Waals surface area contributed by atoms with Crippen molar-refractivity contribution in [3.8, 4) is 0 Å². The highest BCUT2D eigenvalue weighted by Gasteiger charge is 2.37. The lowest BCUT2D eigenvalue weighted by Crippen LogP contribution is -2.34. The quantitative estimate of drug-likeness (QED) is 0.767. The van der Waals surface area contributed by atoms with Gasteiger partial charge in [0, 0.05) is 24.0 Å². The normalized spacial score (nSPS) is 17.8. The van der Waals surface area contributed by atoms with E-state index in [0.717, 1.165) is 29.7 Å². The van der Waals surface area contributed by atoms with E-state index in [1.54, 1.807) is 12.4 Å². The predicted molar refractivity (Wildman–Crippen MR) is 105 cm³/mol. The maximum absolute atomic E-state index is 6.19.